The summed E-state index contributed by atoms with van der Waals surface area (Å²) < 4.78 is 35.4. The quantitative estimate of drug-likeness (QED) is 0.124. The molecule has 1 saturated carbocycles. The highest BCUT2D eigenvalue weighted by Gasteiger charge is 2.38. The van der Waals surface area contributed by atoms with Crippen LogP contribution < -0.4 is 5.32 Å². The lowest BCUT2D eigenvalue weighted by Crippen LogP contribution is -2.27. The summed E-state index contributed by atoms with van der Waals surface area (Å²) in [4.78, 5) is 26.8. The molecule has 1 fully saturated rings. The van der Waals surface area contributed by atoms with Crippen molar-refractivity contribution in [2.75, 3.05) is 5.32 Å². The van der Waals surface area contributed by atoms with Gasteiger partial charge >= 0.3 is 0 Å². The molecule has 5 rings (SSSR count). The molecule has 0 unspecified atom stereocenters. The van der Waals surface area contributed by atoms with Crippen LogP contribution in [0, 0.1) is 0 Å². The number of nitrogens with zero attached hydrogens (tertiary/aromatic N) is 2. The summed E-state index contributed by atoms with van der Waals surface area (Å²) in [6.45, 7) is 0. The molecule has 200 valence electrons. The molecule has 0 bridgehead atoms. The number of aliphatic hydroxyl groups excluding tert-OH is 2. The number of hydrogen-bond donors (Lipinski definition) is 4. The second-order valence-corrected chi connectivity index (χ2v) is 10.8. The number of hydrogen-bond acceptors (Lipinski definition) is 9. The summed E-state index contributed by atoms with van der Waals surface area (Å²) in [5.74, 6) is -1.65. The second-order valence-electron chi connectivity index (χ2n) is 9.41. The molecular formula is C28H25N3O7S. The van der Waals surface area contributed by atoms with Crippen molar-refractivity contribution in [2.24, 2.45) is 10.2 Å². The minimum Gasteiger partial charge on any atom is -0.512 e. The van der Waals surface area contributed by atoms with Gasteiger partial charge in [-0.3, -0.25) is 14.1 Å². The zero-order chi connectivity index (χ0) is 27.7. The largest absolute Gasteiger partial charge is 0.512 e. The van der Waals surface area contributed by atoms with E-state index in [1.165, 1.54) is 24.3 Å². The zero-order valence-corrected chi connectivity index (χ0v) is 21.5. The summed E-state index contributed by atoms with van der Waals surface area (Å²) >= 11 is 0. The SMILES string of the molecule is O=C1c2ccccc2C(=O)c2c(/N=N/c3ccccc3/C(O)=C/O)c(S(=O)(=O)O)cc(NC3CCCCC3)c21. The summed E-state index contributed by atoms with van der Waals surface area (Å²) in [6.07, 6.45) is 5.05. The molecule has 0 heterocycles. The van der Waals surface area contributed by atoms with Crippen LogP contribution in [0.15, 0.2) is 76.0 Å². The Hall–Kier alpha value is -4.35. The van der Waals surface area contributed by atoms with Crippen molar-refractivity contribution < 1.29 is 32.8 Å². The maximum Gasteiger partial charge on any atom is 0.296 e. The molecule has 3 aromatic rings. The van der Waals surface area contributed by atoms with Crippen LogP contribution in [0.3, 0.4) is 0 Å². The number of carbonyl (C=O) groups is 2. The number of fused-ring (bicyclic) bond motifs is 2. The predicted molar refractivity (Wildman–Crippen MR) is 144 cm³/mol. The van der Waals surface area contributed by atoms with E-state index < -0.39 is 38.0 Å². The number of benzene rings is 3. The molecule has 0 amide bonds. The lowest BCUT2D eigenvalue weighted by Gasteiger charge is -2.28. The molecule has 0 aromatic heterocycles. The van der Waals surface area contributed by atoms with Crippen LogP contribution in [0.2, 0.25) is 0 Å². The van der Waals surface area contributed by atoms with E-state index in [1.54, 1.807) is 24.3 Å². The van der Waals surface area contributed by atoms with Crippen LogP contribution in [0.1, 0.15) is 69.5 Å². The third-order valence-corrected chi connectivity index (χ3v) is 7.81. The Morgan fingerprint density at radius 1 is 0.897 bits per heavy atom. The molecule has 10 nitrogen and oxygen atoms in total. The lowest BCUT2D eigenvalue weighted by atomic mass is 9.82. The van der Waals surface area contributed by atoms with E-state index in [1.807, 2.05) is 0 Å². The third-order valence-electron chi connectivity index (χ3n) is 6.94. The van der Waals surface area contributed by atoms with E-state index >= 15 is 0 Å². The fourth-order valence-corrected chi connectivity index (χ4v) is 5.73. The summed E-state index contributed by atoms with van der Waals surface area (Å²) in [5.41, 5.74) is -0.359. The molecule has 4 N–H and O–H groups in total. The molecule has 0 saturated heterocycles. The number of anilines is 1. The first kappa shape index (κ1) is 26.3. The molecule has 0 radical (unpaired) electrons. The average Bonchev–Trinajstić information content (AvgIpc) is 2.94. The number of rotatable bonds is 6. The van der Waals surface area contributed by atoms with E-state index in [0.29, 0.717) is 6.26 Å². The molecule has 0 aliphatic heterocycles. The first-order valence-electron chi connectivity index (χ1n) is 12.4. The van der Waals surface area contributed by atoms with Gasteiger partial charge in [-0.25, -0.2) is 0 Å². The van der Waals surface area contributed by atoms with Crippen molar-refractivity contribution in [3.8, 4) is 0 Å². The van der Waals surface area contributed by atoms with Gasteiger partial charge in [0.25, 0.3) is 10.1 Å². The van der Waals surface area contributed by atoms with Crippen molar-refractivity contribution in [3.05, 3.63) is 88.7 Å². The van der Waals surface area contributed by atoms with Gasteiger partial charge in [0.05, 0.1) is 16.8 Å². The monoisotopic (exact) mass is 547 g/mol. The topological polar surface area (TPSA) is 166 Å². The van der Waals surface area contributed by atoms with Gasteiger partial charge < -0.3 is 15.5 Å². The van der Waals surface area contributed by atoms with Crippen molar-refractivity contribution in [1.82, 2.24) is 0 Å². The first-order chi connectivity index (χ1) is 18.7. The van der Waals surface area contributed by atoms with E-state index in [0.717, 1.165) is 38.2 Å². The zero-order valence-electron chi connectivity index (χ0n) is 20.7. The summed E-state index contributed by atoms with van der Waals surface area (Å²) in [5, 5.41) is 30.6. The maximum atomic E-state index is 13.8. The van der Waals surface area contributed by atoms with E-state index in [-0.39, 0.29) is 45.2 Å². The van der Waals surface area contributed by atoms with E-state index in [4.69, 9.17) is 0 Å². The Labute approximate surface area is 224 Å². The molecule has 11 heteroatoms. The van der Waals surface area contributed by atoms with Crippen LogP contribution in [-0.4, -0.2) is 40.8 Å². The van der Waals surface area contributed by atoms with E-state index in [2.05, 4.69) is 15.5 Å². The third kappa shape index (κ3) is 4.93. The number of aliphatic hydroxyl groups is 2. The molecule has 39 heavy (non-hydrogen) atoms. The van der Waals surface area contributed by atoms with Crippen LogP contribution in [0.5, 0.6) is 0 Å². The standard InChI is InChI=1S/C28H25N3O7S/c32-15-22(33)19-12-6-7-13-20(19)30-31-26-23(39(36,37)38)14-21(29-16-8-2-1-3-9-16)24-25(26)28(35)18-11-5-4-10-17(18)27(24)34/h4-7,10-16,29,32-33H,1-3,8-9H2,(H,36,37,38)/b22-15-,31-30+. The Morgan fingerprint density at radius 2 is 1.51 bits per heavy atom. The van der Waals surface area contributed by atoms with Gasteiger partial charge in [-0.2, -0.15) is 8.42 Å². The highest BCUT2D eigenvalue weighted by atomic mass is 32.2. The summed E-state index contributed by atoms with van der Waals surface area (Å²) in [6, 6.07) is 13.3. The minimum absolute atomic E-state index is 0.0368. The number of nitrogens with one attached hydrogen (secondary N) is 1. The fourth-order valence-electron chi connectivity index (χ4n) is 5.08. The van der Waals surface area contributed by atoms with Gasteiger partial charge in [-0.1, -0.05) is 55.7 Å². The second kappa shape index (κ2) is 10.4. The van der Waals surface area contributed by atoms with Crippen LogP contribution in [-0.2, 0) is 10.1 Å². The van der Waals surface area contributed by atoms with Crippen molar-refractivity contribution in [2.45, 2.75) is 43.0 Å². The molecule has 0 atom stereocenters. The van der Waals surface area contributed by atoms with E-state index in [9.17, 15) is 32.8 Å². The smallest absolute Gasteiger partial charge is 0.296 e. The molecule has 0 spiro atoms. The van der Waals surface area contributed by atoms with Gasteiger partial charge in [-0.15, -0.1) is 10.2 Å². The van der Waals surface area contributed by atoms with Gasteiger partial charge in [0, 0.05) is 28.4 Å². The van der Waals surface area contributed by atoms with Gasteiger partial charge in [-0.05, 0) is 31.0 Å². The first-order valence-corrected chi connectivity index (χ1v) is 13.8. The highest BCUT2D eigenvalue weighted by molar-refractivity contribution is 7.86. The maximum absolute atomic E-state index is 13.8. The van der Waals surface area contributed by atoms with Gasteiger partial charge in [0.1, 0.15) is 16.8 Å². The van der Waals surface area contributed by atoms with Crippen molar-refractivity contribution in [3.63, 3.8) is 0 Å². The normalized spacial score (nSPS) is 16.3. The van der Waals surface area contributed by atoms with Crippen LogP contribution in [0.25, 0.3) is 5.76 Å². The molecule has 3 aromatic carbocycles. The number of ketones is 2. The van der Waals surface area contributed by atoms with Crippen molar-refractivity contribution >= 4 is 44.5 Å². The minimum atomic E-state index is -4.94. The Balaban J connectivity index is 1.77. The number of carbonyl (C=O) groups excluding carboxylic acids is 2. The van der Waals surface area contributed by atoms with Crippen LogP contribution >= 0.6 is 0 Å². The Kier molecular flexibility index (Phi) is 7.02. The molecular weight excluding hydrogens is 522 g/mol. The Morgan fingerprint density at radius 3 is 2.15 bits per heavy atom. The van der Waals surface area contributed by atoms with Crippen LogP contribution in [0.4, 0.5) is 17.1 Å². The highest BCUT2D eigenvalue weighted by Crippen LogP contribution is 2.43. The predicted octanol–water partition coefficient (Wildman–Crippen LogP) is 6.28. The van der Waals surface area contributed by atoms with Gasteiger partial charge in [0.2, 0.25) is 0 Å². The fraction of sp³-hybridized carbons (Fsp3) is 0.214. The molecule has 2 aliphatic rings. The summed E-state index contributed by atoms with van der Waals surface area (Å²) in [7, 11) is -4.94. The molecule has 2 aliphatic carbocycles. The average molecular weight is 548 g/mol. The van der Waals surface area contributed by atoms with Crippen molar-refractivity contribution in [1.29, 1.82) is 0 Å². The van der Waals surface area contributed by atoms with Gasteiger partial charge in [0.15, 0.2) is 17.3 Å². The Bertz CT molecular complexity index is 1660. The number of azo groups is 1. The lowest BCUT2D eigenvalue weighted by molar-refractivity contribution is 0.0980.